The van der Waals surface area contributed by atoms with Gasteiger partial charge in [-0.1, -0.05) is 26.0 Å². The van der Waals surface area contributed by atoms with Crippen LogP contribution in [0.4, 0.5) is 5.69 Å². The summed E-state index contributed by atoms with van der Waals surface area (Å²) in [5, 5.41) is 3.03. The Hall–Kier alpha value is -1.35. The molecule has 0 aliphatic carbocycles. The Kier molecular flexibility index (Phi) is 4.81. The Labute approximate surface area is 122 Å². The van der Waals surface area contributed by atoms with Gasteiger partial charge in [-0.2, -0.15) is 0 Å². The van der Waals surface area contributed by atoms with Gasteiger partial charge in [0.1, 0.15) is 0 Å². The van der Waals surface area contributed by atoms with Gasteiger partial charge in [0.2, 0.25) is 5.91 Å². The second kappa shape index (κ2) is 6.40. The monoisotopic (exact) mass is 274 g/mol. The zero-order valence-electron chi connectivity index (χ0n) is 13.0. The number of likely N-dealkylation sites (tertiary alicyclic amines) is 1. The van der Waals surface area contributed by atoms with Crippen LogP contribution in [0.3, 0.4) is 0 Å². The first-order chi connectivity index (χ1) is 9.45. The number of benzene rings is 1. The van der Waals surface area contributed by atoms with Gasteiger partial charge in [0.15, 0.2) is 0 Å². The minimum Gasteiger partial charge on any atom is -0.325 e. The quantitative estimate of drug-likeness (QED) is 0.917. The Morgan fingerprint density at radius 2 is 1.95 bits per heavy atom. The second-order valence-electron chi connectivity index (χ2n) is 6.43. The van der Waals surface area contributed by atoms with E-state index < -0.39 is 0 Å². The van der Waals surface area contributed by atoms with Gasteiger partial charge < -0.3 is 5.32 Å². The van der Waals surface area contributed by atoms with Crippen LogP contribution in [0.1, 0.15) is 32.8 Å². The normalized spacial score (nSPS) is 25.2. The highest BCUT2D eigenvalue weighted by Gasteiger charge is 2.28. The van der Waals surface area contributed by atoms with Crippen molar-refractivity contribution in [2.75, 3.05) is 18.4 Å². The van der Waals surface area contributed by atoms with Crippen molar-refractivity contribution in [2.24, 2.45) is 11.8 Å². The summed E-state index contributed by atoms with van der Waals surface area (Å²) in [5.41, 5.74) is 2.05. The van der Waals surface area contributed by atoms with E-state index in [4.69, 9.17) is 0 Å². The van der Waals surface area contributed by atoms with E-state index in [9.17, 15) is 4.79 Å². The van der Waals surface area contributed by atoms with Crippen LogP contribution >= 0.6 is 0 Å². The molecule has 1 N–H and O–H groups in total. The molecule has 0 aromatic heterocycles. The number of amides is 1. The molecule has 20 heavy (non-hydrogen) atoms. The molecule has 3 atom stereocenters. The minimum absolute atomic E-state index is 0.0688. The summed E-state index contributed by atoms with van der Waals surface area (Å²) in [5.74, 6) is 1.44. The predicted molar refractivity (Wildman–Crippen MR) is 83.8 cm³/mol. The van der Waals surface area contributed by atoms with Crippen molar-refractivity contribution in [3.63, 3.8) is 0 Å². The molecule has 1 heterocycles. The molecule has 2 rings (SSSR count). The van der Waals surface area contributed by atoms with Gasteiger partial charge in [0.25, 0.3) is 0 Å². The van der Waals surface area contributed by atoms with E-state index >= 15 is 0 Å². The average Bonchev–Trinajstić information content (AvgIpc) is 2.36. The van der Waals surface area contributed by atoms with Gasteiger partial charge in [0, 0.05) is 18.8 Å². The molecule has 3 nitrogen and oxygen atoms in total. The van der Waals surface area contributed by atoms with Crippen molar-refractivity contribution in [2.45, 2.75) is 40.2 Å². The van der Waals surface area contributed by atoms with Crippen LogP contribution < -0.4 is 5.32 Å². The Bertz CT molecular complexity index is 462. The van der Waals surface area contributed by atoms with E-state index in [-0.39, 0.29) is 11.9 Å². The lowest BCUT2D eigenvalue weighted by Gasteiger charge is -2.38. The number of nitrogens with zero attached hydrogens (tertiary/aromatic N) is 1. The molecule has 0 bridgehead atoms. The Morgan fingerprint density at radius 3 is 2.55 bits per heavy atom. The third-order valence-electron chi connectivity index (χ3n) is 4.11. The number of carbonyl (C=O) groups is 1. The zero-order valence-corrected chi connectivity index (χ0v) is 13.0. The highest BCUT2D eigenvalue weighted by molar-refractivity contribution is 5.94. The lowest BCUT2D eigenvalue weighted by molar-refractivity contribution is -0.121. The number of rotatable bonds is 3. The highest BCUT2D eigenvalue weighted by Crippen LogP contribution is 2.23. The van der Waals surface area contributed by atoms with Crippen LogP contribution in [-0.4, -0.2) is 29.9 Å². The van der Waals surface area contributed by atoms with Crippen LogP contribution in [0.5, 0.6) is 0 Å². The first kappa shape index (κ1) is 15.0. The van der Waals surface area contributed by atoms with Crippen molar-refractivity contribution in [3.05, 3.63) is 29.8 Å². The summed E-state index contributed by atoms with van der Waals surface area (Å²) < 4.78 is 0. The Balaban J connectivity index is 1.98. The van der Waals surface area contributed by atoms with Gasteiger partial charge in [-0.3, -0.25) is 9.69 Å². The van der Waals surface area contributed by atoms with Crippen LogP contribution in [-0.2, 0) is 4.79 Å². The molecule has 1 aromatic carbocycles. The number of carbonyl (C=O) groups excluding carboxylic acids is 1. The lowest BCUT2D eigenvalue weighted by Crippen LogP contribution is -2.48. The maximum atomic E-state index is 12.4. The fourth-order valence-corrected chi connectivity index (χ4v) is 3.16. The van der Waals surface area contributed by atoms with Crippen LogP contribution in [0.25, 0.3) is 0 Å². The van der Waals surface area contributed by atoms with E-state index in [1.54, 1.807) is 0 Å². The minimum atomic E-state index is -0.0688. The summed E-state index contributed by atoms with van der Waals surface area (Å²) in [7, 11) is 0. The molecule has 110 valence electrons. The summed E-state index contributed by atoms with van der Waals surface area (Å²) >= 11 is 0. The molecular formula is C17H26N2O. The average molecular weight is 274 g/mol. The van der Waals surface area contributed by atoms with E-state index in [2.05, 4.69) is 24.1 Å². The molecule has 1 aromatic rings. The van der Waals surface area contributed by atoms with Gasteiger partial charge >= 0.3 is 0 Å². The lowest BCUT2D eigenvalue weighted by atomic mass is 9.91. The standard InChI is InChI=1S/C17H26N2O/c1-12-6-5-7-16(9-12)18-17(20)15(4)19-10-13(2)8-14(3)11-19/h5-7,9,13-15H,8,10-11H2,1-4H3,(H,18,20)/t13-,14+,15-/m0/s1. The number of piperidine rings is 1. The summed E-state index contributed by atoms with van der Waals surface area (Å²) in [4.78, 5) is 14.7. The van der Waals surface area contributed by atoms with Crippen molar-refractivity contribution >= 4 is 11.6 Å². The van der Waals surface area contributed by atoms with Crippen LogP contribution in [0.15, 0.2) is 24.3 Å². The maximum absolute atomic E-state index is 12.4. The number of aryl methyl sites for hydroxylation is 1. The van der Waals surface area contributed by atoms with Crippen molar-refractivity contribution < 1.29 is 4.79 Å². The maximum Gasteiger partial charge on any atom is 0.241 e. The summed E-state index contributed by atoms with van der Waals surface area (Å²) in [6, 6.07) is 7.89. The summed E-state index contributed by atoms with van der Waals surface area (Å²) in [6.07, 6.45) is 1.27. The molecule has 0 spiro atoms. The number of hydrogen-bond donors (Lipinski definition) is 1. The van der Waals surface area contributed by atoms with Crippen molar-refractivity contribution in [1.29, 1.82) is 0 Å². The molecule has 1 saturated heterocycles. The van der Waals surface area contributed by atoms with E-state index in [0.29, 0.717) is 11.8 Å². The zero-order chi connectivity index (χ0) is 14.7. The number of anilines is 1. The first-order valence-electron chi connectivity index (χ1n) is 7.57. The fourth-order valence-electron chi connectivity index (χ4n) is 3.16. The largest absolute Gasteiger partial charge is 0.325 e. The van der Waals surface area contributed by atoms with E-state index in [1.807, 2.05) is 38.1 Å². The molecular weight excluding hydrogens is 248 g/mol. The number of nitrogens with one attached hydrogen (secondary N) is 1. The molecule has 1 amide bonds. The number of hydrogen-bond acceptors (Lipinski definition) is 2. The van der Waals surface area contributed by atoms with Crippen LogP contribution in [0, 0.1) is 18.8 Å². The second-order valence-corrected chi connectivity index (χ2v) is 6.43. The van der Waals surface area contributed by atoms with Gasteiger partial charge in [-0.05, 0) is 49.8 Å². The van der Waals surface area contributed by atoms with Gasteiger partial charge in [-0.15, -0.1) is 0 Å². The molecule has 3 heteroatoms. The molecule has 1 fully saturated rings. The third kappa shape index (κ3) is 3.83. The highest BCUT2D eigenvalue weighted by atomic mass is 16.2. The predicted octanol–water partition coefficient (Wildman–Crippen LogP) is 3.30. The van der Waals surface area contributed by atoms with E-state index in [1.165, 1.54) is 6.42 Å². The van der Waals surface area contributed by atoms with E-state index in [0.717, 1.165) is 24.3 Å². The molecule has 1 aliphatic rings. The molecule has 0 saturated carbocycles. The summed E-state index contributed by atoms with van der Waals surface area (Å²) in [6.45, 7) is 10.6. The van der Waals surface area contributed by atoms with Gasteiger partial charge in [-0.25, -0.2) is 0 Å². The molecule has 0 unspecified atom stereocenters. The SMILES string of the molecule is Cc1cccc(NC(=O)[C@H](C)N2C[C@H](C)C[C@H](C)C2)c1. The Morgan fingerprint density at radius 1 is 1.30 bits per heavy atom. The van der Waals surface area contributed by atoms with Crippen molar-refractivity contribution in [1.82, 2.24) is 4.90 Å². The fraction of sp³-hybridized carbons (Fsp3) is 0.588. The molecule has 0 radical (unpaired) electrons. The molecule has 1 aliphatic heterocycles. The topological polar surface area (TPSA) is 32.3 Å². The van der Waals surface area contributed by atoms with Gasteiger partial charge in [0.05, 0.1) is 6.04 Å². The third-order valence-corrected chi connectivity index (χ3v) is 4.11. The van der Waals surface area contributed by atoms with Crippen LogP contribution in [0.2, 0.25) is 0 Å². The first-order valence-corrected chi connectivity index (χ1v) is 7.57. The van der Waals surface area contributed by atoms with Crippen molar-refractivity contribution in [3.8, 4) is 0 Å². The smallest absolute Gasteiger partial charge is 0.241 e.